The molecule has 1 aromatic carbocycles. The molecule has 31 heavy (non-hydrogen) atoms. The highest BCUT2D eigenvalue weighted by Crippen LogP contribution is 2.39. The van der Waals surface area contributed by atoms with Crippen molar-refractivity contribution < 1.29 is 9.59 Å². The second kappa shape index (κ2) is 7.52. The van der Waals surface area contributed by atoms with Crippen LogP contribution in [-0.2, 0) is 11.3 Å². The van der Waals surface area contributed by atoms with Gasteiger partial charge in [0.15, 0.2) is 0 Å². The number of nitrogens with zero attached hydrogens (tertiary/aromatic N) is 2. The van der Waals surface area contributed by atoms with Gasteiger partial charge < -0.3 is 9.88 Å². The number of aryl methyl sites for hydroxylation is 1. The highest BCUT2D eigenvalue weighted by Gasteiger charge is 2.49. The summed E-state index contributed by atoms with van der Waals surface area (Å²) in [4.78, 5) is 29.5. The topological polar surface area (TPSA) is 54.3 Å². The Labute approximate surface area is 187 Å². The summed E-state index contributed by atoms with van der Waals surface area (Å²) >= 11 is 1.63. The molecule has 1 unspecified atom stereocenters. The van der Waals surface area contributed by atoms with E-state index in [1.807, 2.05) is 61.1 Å². The summed E-state index contributed by atoms with van der Waals surface area (Å²) in [6.45, 7) is 6.45. The Morgan fingerprint density at radius 1 is 1.16 bits per heavy atom. The van der Waals surface area contributed by atoms with Crippen molar-refractivity contribution in [2.24, 2.45) is 0 Å². The van der Waals surface area contributed by atoms with Crippen molar-refractivity contribution in [3.63, 3.8) is 0 Å². The van der Waals surface area contributed by atoms with Crippen molar-refractivity contribution in [1.82, 2.24) is 9.88 Å². The molecule has 1 saturated carbocycles. The van der Waals surface area contributed by atoms with Gasteiger partial charge in [0.2, 0.25) is 5.91 Å². The van der Waals surface area contributed by atoms with E-state index in [4.69, 9.17) is 0 Å². The van der Waals surface area contributed by atoms with Gasteiger partial charge in [-0.25, -0.2) is 0 Å². The van der Waals surface area contributed by atoms with E-state index in [2.05, 4.69) is 5.32 Å². The number of hydrogen-bond acceptors (Lipinski definition) is 3. The smallest absolute Gasteiger partial charge is 0.275 e. The summed E-state index contributed by atoms with van der Waals surface area (Å²) in [6.07, 6.45) is 5.57. The Morgan fingerprint density at radius 3 is 2.71 bits per heavy atom. The van der Waals surface area contributed by atoms with E-state index in [1.165, 1.54) is 6.42 Å². The first-order chi connectivity index (χ1) is 14.9. The van der Waals surface area contributed by atoms with Crippen LogP contribution in [0.1, 0.15) is 60.6 Å². The molecule has 6 heteroatoms. The molecule has 5 nitrogen and oxygen atoms in total. The zero-order valence-corrected chi connectivity index (χ0v) is 19.2. The minimum atomic E-state index is -1.01. The van der Waals surface area contributed by atoms with Crippen LogP contribution >= 0.6 is 11.3 Å². The molecular formula is C25H29N3O2S. The van der Waals surface area contributed by atoms with Gasteiger partial charge in [0.1, 0.15) is 11.2 Å². The Bertz CT molecular complexity index is 1170. The van der Waals surface area contributed by atoms with Crippen molar-refractivity contribution in [3.05, 3.63) is 52.5 Å². The van der Waals surface area contributed by atoms with Gasteiger partial charge in [-0.15, -0.1) is 11.3 Å². The molecule has 0 saturated heterocycles. The number of carbonyl (C=O) groups is 2. The third kappa shape index (κ3) is 3.19. The molecule has 5 rings (SSSR count). The lowest BCUT2D eigenvalue weighted by atomic mass is 9.90. The highest BCUT2D eigenvalue weighted by molar-refractivity contribution is 7.17. The number of benzene rings is 1. The van der Waals surface area contributed by atoms with Gasteiger partial charge in [0.25, 0.3) is 5.91 Å². The first-order valence-electron chi connectivity index (χ1n) is 11.2. The van der Waals surface area contributed by atoms with Crippen LogP contribution < -0.4 is 10.2 Å². The molecule has 3 heterocycles. The molecule has 1 fully saturated rings. The Morgan fingerprint density at radius 2 is 1.94 bits per heavy atom. The second-order valence-corrected chi connectivity index (χ2v) is 10.2. The number of thiophene rings is 1. The summed E-state index contributed by atoms with van der Waals surface area (Å²) < 4.78 is 3.12. The van der Waals surface area contributed by atoms with Gasteiger partial charge in [-0.3, -0.25) is 14.5 Å². The number of carbonyl (C=O) groups excluding carboxylic acids is 2. The minimum Gasteiger partial charge on any atom is -0.351 e. The SMILES string of the molecule is Cc1cccc(N2C(=O)c3cc4sccc4n3CC2(C)C(=O)NC2CCCCC2)c1C. The maximum atomic E-state index is 13.9. The number of aromatic nitrogens is 1. The normalized spacial score (nSPS) is 22.0. The van der Waals surface area contributed by atoms with Crippen molar-refractivity contribution >= 4 is 39.1 Å². The second-order valence-electron chi connectivity index (χ2n) is 9.23. The molecule has 2 aliphatic rings. The first-order valence-corrected chi connectivity index (χ1v) is 12.1. The summed E-state index contributed by atoms with van der Waals surface area (Å²) in [6, 6.07) is 10.2. The summed E-state index contributed by atoms with van der Waals surface area (Å²) in [5.41, 5.74) is 3.66. The molecule has 1 aliphatic carbocycles. The zero-order valence-electron chi connectivity index (χ0n) is 18.4. The van der Waals surface area contributed by atoms with Crippen LogP contribution in [0, 0.1) is 13.8 Å². The van der Waals surface area contributed by atoms with Crippen molar-refractivity contribution in [2.45, 2.75) is 71.0 Å². The lowest BCUT2D eigenvalue weighted by molar-refractivity contribution is -0.127. The molecule has 1 N–H and O–H groups in total. The van der Waals surface area contributed by atoms with Gasteiger partial charge in [0, 0.05) is 11.7 Å². The molecule has 0 bridgehead atoms. The summed E-state index contributed by atoms with van der Waals surface area (Å²) in [5, 5.41) is 5.35. The number of hydrogen-bond donors (Lipinski definition) is 1. The number of anilines is 1. The van der Waals surface area contributed by atoms with Gasteiger partial charge in [-0.1, -0.05) is 31.4 Å². The van der Waals surface area contributed by atoms with Crippen LogP contribution in [0.3, 0.4) is 0 Å². The van der Waals surface area contributed by atoms with Crippen LogP contribution in [0.25, 0.3) is 10.2 Å². The molecule has 1 atom stereocenters. The summed E-state index contributed by atoms with van der Waals surface area (Å²) in [5.74, 6) is -0.166. The van der Waals surface area contributed by atoms with Crippen LogP contribution in [0.15, 0.2) is 35.7 Å². The van der Waals surface area contributed by atoms with Gasteiger partial charge in [0.05, 0.1) is 16.8 Å². The van der Waals surface area contributed by atoms with E-state index >= 15 is 0 Å². The average Bonchev–Trinajstić information content (AvgIpc) is 3.34. The molecular weight excluding hydrogens is 406 g/mol. The zero-order chi connectivity index (χ0) is 21.8. The number of nitrogens with one attached hydrogen (secondary N) is 1. The van der Waals surface area contributed by atoms with Crippen LogP contribution in [0.4, 0.5) is 5.69 Å². The molecule has 2 amide bonds. The molecule has 0 spiro atoms. The van der Waals surface area contributed by atoms with E-state index in [-0.39, 0.29) is 17.9 Å². The standard InChI is InChI=1S/C25H29N3O2S/c1-16-8-7-11-19(17(16)2)28-23(29)21-14-22-20(12-13-31-22)27(21)15-25(28,3)24(30)26-18-9-5-4-6-10-18/h7-8,11-14,18H,4-6,9-10,15H2,1-3H3,(H,26,30). The minimum absolute atomic E-state index is 0.0589. The monoisotopic (exact) mass is 435 g/mol. The Balaban J connectivity index is 1.63. The Hall–Kier alpha value is -2.60. The lowest BCUT2D eigenvalue weighted by Gasteiger charge is -2.45. The molecule has 162 valence electrons. The lowest BCUT2D eigenvalue weighted by Crippen LogP contribution is -2.65. The van der Waals surface area contributed by atoms with Crippen LogP contribution in [-0.4, -0.2) is 28.0 Å². The fourth-order valence-electron chi connectivity index (χ4n) is 5.16. The maximum Gasteiger partial charge on any atom is 0.275 e. The van der Waals surface area contributed by atoms with E-state index in [0.29, 0.717) is 12.2 Å². The largest absolute Gasteiger partial charge is 0.351 e. The number of fused-ring (bicyclic) bond motifs is 3. The van der Waals surface area contributed by atoms with E-state index in [1.54, 1.807) is 16.2 Å². The van der Waals surface area contributed by atoms with Crippen molar-refractivity contribution in [1.29, 1.82) is 0 Å². The third-order valence-corrected chi connectivity index (χ3v) is 8.00. The van der Waals surface area contributed by atoms with Crippen LogP contribution in [0.2, 0.25) is 0 Å². The van der Waals surface area contributed by atoms with Crippen LogP contribution in [0.5, 0.6) is 0 Å². The van der Waals surface area contributed by atoms with Gasteiger partial charge in [-0.2, -0.15) is 0 Å². The molecule has 0 radical (unpaired) electrons. The van der Waals surface area contributed by atoms with E-state index in [9.17, 15) is 9.59 Å². The fourth-order valence-corrected chi connectivity index (χ4v) is 5.98. The van der Waals surface area contributed by atoms with E-state index in [0.717, 1.165) is 52.7 Å². The maximum absolute atomic E-state index is 13.9. The molecule has 1 aliphatic heterocycles. The average molecular weight is 436 g/mol. The number of rotatable bonds is 3. The quantitative estimate of drug-likeness (QED) is 0.616. The van der Waals surface area contributed by atoms with Gasteiger partial charge in [-0.05, 0) is 68.3 Å². The van der Waals surface area contributed by atoms with Crippen molar-refractivity contribution in [3.8, 4) is 0 Å². The molecule has 2 aromatic heterocycles. The van der Waals surface area contributed by atoms with E-state index < -0.39 is 5.54 Å². The predicted octanol–water partition coefficient (Wildman–Crippen LogP) is 5.19. The molecule has 3 aromatic rings. The number of amides is 2. The fraction of sp³-hybridized carbons (Fsp3) is 0.440. The Kier molecular flexibility index (Phi) is 4.93. The predicted molar refractivity (Wildman–Crippen MR) is 126 cm³/mol. The van der Waals surface area contributed by atoms with Crippen molar-refractivity contribution in [2.75, 3.05) is 4.90 Å². The first kappa shape index (κ1) is 20.3. The summed E-state index contributed by atoms with van der Waals surface area (Å²) in [7, 11) is 0. The van der Waals surface area contributed by atoms with Gasteiger partial charge >= 0.3 is 0 Å². The third-order valence-electron chi connectivity index (χ3n) is 7.15. The highest BCUT2D eigenvalue weighted by atomic mass is 32.1.